The van der Waals surface area contributed by atoms with Gasteiger partial charge in [0.25, 0.3) is 0 Å². The molecule has 0 saturated carbocycles. The summed E-state index contributed by atoms with van der Waals surface area (Å²) in [6.45, 7) is 8.51. The highest BCUT2D eigenvalue weighted by molar-refractivity contribution is 5.80. The van der Waals surface area contributed by atoms with E-state index in [9.17, 15) is 4.79 Å². The number of hydrogen-bond donors (Lipinski definition) is 1. The van der Waals surface area contributed by atoms with Gasteiger partial charge in [0.05, 0.1) is 19.8 Å². The highest BCUT2D eigenvalue weighted by Gasteiger charge is 2.33. The summed E-state index contributed by atoms with van der Waals surface area (Å²) in [4.78, 5) is 14.2. The molecule has 1 aliphatic heterocycles. The van der Waals surface area contributed by atoms with Crippen LogP contribution in [0.4, 0.5) is 0 Å². The van der Waals surface area contributed by atoms with Crippen LogP contribution >= 0.6 is 0 Å². The maximum atomic E-state index is 11.8. The second kappa shape index (κ2) is 6.93. The van der Waals surface area contributed by atoms with Gasteiger partial charge in [0.1, 0.15) is 5.54 Å². The zero-order valence-corrected chi connectivity index (χ0v) is 11.1. The zero-order chi connectivity index (χ0) is 12.7. The number of carbonyl (C=O) groups excluding carboxylic acids is 1. The van der Waals surface area contributed by atoms with Crippen LogP contribution in [0.15, 0.2) is 0 Å². The van der Waals surface area contributed by atoms with Gasteiger partial charge in [-0.05, 0) is 27.3 Å². The number of esters is 1. The predicted molar refractivity (Wildman–Crippen MR) is 66.0 cm³/mol. The van der Waals surface area contributed by atoms with E-state index in [0.717, 1.165) is 39.3 Å². The van der Waals surface area contributed by atoms with E-state index in [2.05, 4.69) is 10.2 Å². The fourth-order valence-electron chi connectivity index (χ4n) is 1.83. The molecule has 1 unspecified atom stereocenters. The lowest BCUT2D eigenvalue weighted by Crippen LogP contribution is -2.51. The minimum absolute atomic E-state index is 0.171. The van der Waals surface area contributed by atoms with Gasteiger partial charge in [-0.25, -0.2) is 0 Å². The van der Waals surface area contributed by atoms with E-state index in [-0.39, 0.29) is 5.97 Å². The summed E-state index contributed by atoms with van der Waals surface area (Å²) < 4.78 is 10.4. The van der Waals surface area contributed by atoms with Crippen LogP contribution < -0.4 is 5.32 Å². The van der Waals surface area contributed by atoms with Crippen LogP contribution in [0.2, 0.25) is 0 Å². The molecule has 1 N–H and O–H groups in total. The number of likely N-dealkylation sites (N-methyl/N-ethyl adjacent to an activating group) is 1. The van der Waals surface area contributed by atoms with Gasteiger partial charge in [0.15, 0.2) is 0 Å². The molecule has 5 heteroatoms. The maximum absolute atomic E-state index is 11.8. The predicted octanol–water partition coefficient (Wildman–Crippen LogP) is 0.250. The Bertz CT molecular complexity index is 242. The van der Waals surface area contributed by atoms with Crippen LogP contribution in [0.3, 0.4) is 0 Å². The van der Waals surface area contributed by atoms with Crippen molar-refractivity contribution in [1.29, 1.82) is 0 Å². The van der Waals surface area contributed by atoms with Crippen LogP contribution in [-0.2, 0) is 14.3 Å². The number of hydrogen-bond acceptors (Lipinski definition) is 5. The second-order valence-electron chi connectivity index (χ2n) is 4.51. The van der Waals surface area contributed by atoms with Crippen LogP contribution in [0.5, 0.6) is 0 Å². The Morgan fingerprint density at radius 1 is 1.47 bits per heavy atom. The Labute approximate surface area is 103 Å². The standard InChI is InChI=1S/C12H24N2O3/c1-4-17-11(15)12(2,13-3)5-6-14-7-9-16-10-8-14/h13H,4-10H2,1-3H3. The summed E-state index contributed by atoms with van der Waals surface area (Å²) in [5.41, 5.74) is -0.589. The van der Waals surface area contributed by atoms with Gasteiger partial charge in [-0.2, -0.15) is 0 Å². The molecular formula is C12H24N2O3. The molecule has 0 aromatic carbocycles. The molecule has 0 aromatic heterocycles. The van der Waals surface area contributed by atoms with E-state index in [1.165, 1.54) is 0 Å². The molecule has 0 spiro atoms. The molecule has 1 saturated heterocycles. The second-order valence-corrected chi connectivity index (χ2v) is 4.51. The van der Waals surface area contributed by atoms with Crippen molar-refractivity contribution < 1.29 is 14.3 Å². The van der Waals surface area contributed by atoms with Crippen LogP contribution in [0.1, 0.15) is 20.3 Å². The van der Waals surface area contributed by atoms with Crippen molar-refractivity contribution in [1.82, 2.24) is 10.2 Å². The molecule has 1 rings (SSSR count). The Hall–Kier alpha value is -0.650. The van der Waals surface area contributed by atoms with Crippen molar-refractivity contribution in [3.63, 3.8) is 0 Å². The summed E-state index contributed by atoms with van der Waals surface area (Å²) in [6, 6.07) is 0. The molecular weight excluding hydrogens is 220 g/mol. The number of morpholine rings is 1. The topological polar surface area (TPSA) is 50.8 Å². The van der Waals surface area contributed by atoms with Crippen molar-refractivity contribution in [3.8, 4) is 0 Å². The summed E-state index contributed by atoms with van der Waals surface area (Å²) in [5.74, 6) is -0.171. The van der Waals surface area contributed by atoms with Crippen molar-refractivity contribution in [2.45, 2.75) is 25.8 Å². The lowest BCUT2D eigenvalue weighted by Gasteiger charge is -2.32. The highest BCUT2D eigenvalue weighted by Crippen LogP contribution is 2.13. The average Bonchev–Trinajstić information content (AvgIpc) is 2.37. The molecule has 0 bridgehead atoms. The number of ether oxygens (including phenoxy) is 2. The molecule has 0 aliphatic carbocycles. The van der Waals surface area contributed by atoms with E-state index < -0.39 is 5.54 Å². The van der Waals surface area contributed by atoms with E-state index in [1.807, 2.05) is 13.8 Å². The van der Waals surface area contributed by atoms with E-state index in [4.69, 9.17) is 9.47 Å². The summed E-state index contributed by atoms with van der Waals surface area (Å²) in [5, 5.41) is 3.07. The van der Waals surface area contributed by atoms with Gasteiger partial charge in [-0.15, -0.1) is 0 Å². The van der Waals surface area contributed by atoms with Crippen LogP contribution in [0, 0.1) is 0 Å². The molecule has 1 fully saturated rings. The average molecular weight is 244 g/mol. The van der Waals surface area contributed by atoms with Crippen LogP contribution in [0.25, 0.3) is 0 Å². The summed E-state index contributed by atoms with van der Waals surface area (Å²) in [7, 11) is 1.80. The Kier molecular flexibility index (Phi) is 5.88. The molecule has 1 heterocycles. The monoisotopic (exact) mass is 244 g/mol. The third-order valence-electron chi connectivity index (χ3n) is 3.31. The fraction of sp³-hybridized carbons (Fsp3) is 0.917. The van der Waals surface area contributed by atoms with Gasteiger partial charge >= 0.3 is 5.97 Å². The van der Waals surface area contributed by atoms with Gasteiger partial charge in [0, 0.05) is 19.6 Å². The van der Waals surface area contributed by atoms with Gasteiger partial charge in [-0.1, -0.05) is 0 Å². The Morgan fingerprint density at radius 2 is 2.12 bits per heavy atom. The van der Waals surface area contributed by atoms with Gasteiger partial charge < -0.3 is 14.8 Å². The minimum Gasteiger partial charge on any atom is -0.465 e. The van der Waals surface area contributed by atoms with Crippen molar-refractivity contribution in [2.24, 2.45) is 0 Å². The number of rotatable bonds is 6. The molecule has 17 heavy (non-hydrogen) atoms. The van der Waals surface area contributed by atoms with E-state index >= 15 is 0 Å². The SMILES string of the molecule is CCOC(=O)C(C)(CCN1CCOCC1)NC. The van der Waals surface area contributed by atoms with Gasteiger partial charge in [0.2, 0.25) is 0 Å². The lowest BCUT2D eigenvalue weighted by molar-refractivity contribution is -0.150. The Morgan fingerprint density at radius 3 is 2.65 bits per heavy atom. The first-order chi connectivity index (χ1) is 8.12. The lowest BCUT2D eigenvalue weighted by atomic mass is 9.98. The third kappa shape index (κ3) is 4.26. The molecule has 0 amide bonds. The first-order valence-electron chi connectivity index (χ1n) is 6.28. The summed E-state index contributed by atoms with van der Waals surface area (Å²) in [6.07, 6.45) is 0.752. The van der Waals surface area contributed by atoms with Crippen molar-refractivity contribution >= 4 is 5.97 Å². The minimum atomic E-state index is -0.589. The van der Waals surface area contributed by atoms with Crippen molar-refractivity contribution in [2.75, 3.05) is 46.5 Å². The maximum Gasteiger partial charge on any atom is 0.326 e. The fourth-order valence-corrected chi connectivity index (χ4v) is 1.83. The Balaban J connectivity index is 2.41. The quantitative estimate of drug-likeness (QED) is 0.679. The first-order valence-corrected chi connectivity index (χ1v) is 6.28. The number of carbonyl (C=O) groups is 1. The first kappa shape index (κ1) is 14.4. The number of nitrogens with one attached hydrogen (secondary N) is 1. The summed E-state index contributed by atoms with van der Waals surface area (Å²) >= 11 is 0. The largest absolute Gasteiger partial charge is 0.465 e. The third-order valence-corrected chi connectivity index (χ3v) is 3.31. The van der Waals surface area contributed by atoms with Crippen molar-refractivity contribution in [3.05, 3.63) is 0 Å². The molecule has 5 nitrogen and oxygen atoms in total. The zero-order valence-electron chi connectivity index (χ0n) is 11.1. The van der Waals surface area contributed by atoms with Crippen LogP contribution in [-0.4, -0.2) is 62.9 Å². The molecule has 0 aromatic rings. The van der Waals surface area contributed by atoms with E-state index in [0.29, 0.717) is 6.61 Å². The van der Waals surface area contributed by atoms with E-state index in [1.54, 1.807) is 7.05 Å². The number of nitrogens with zero attached hydrogens (tertiary/aromatic N) is 1. The van der Waals surface area contributed by atoms with Gasteiger partial charge in [-0.3, -0.25) is 9.69 Å². The highest BCUT2D eigenvalue weighted by atomic mass is 16.5. The molecule has 1 atom stereocenters. The normalized spacial score (nSPS) is 20.9. The molecule has 1 aliphatic rings. The smallest absolute Gasteiger partial charge is 0.326 e. The molecule has 0 radical (unpaired) electrons. The molecule has 100 valence electrons.